The van der Waals surface area contributed by atoms with Crippen LogP contribution in [0, 0.1) is 17.8 Å². The zero-order chi connectivity index (χ0) is 15.0. The third kappa shape index (κ3) is 3.14. The first-order valence-corrected chi connectivity index (χ1v) is 9.06. The average Bonchev–Trinajstić information content (AvgIpc) is 2.99. The van der Waals surface area contributed by atoms with Crippen LogP contribution in [0.1, 0.15) is 32.1 Å². The minimum atomic E-state index is -3.51. The molecule has 6 nitrogen and oxygen atoms in total. The predicted molar refractivity (Wildman–Crippen MR) is 77.7 cm³/mol. The van der Waals surface area contributed by atoms with Crippen molar-refractivity contribution in [2.24, 2.45) is 17.8 Å². The zero-order valence-electron chi connectivity index (χ0n) is 11.9. The first-order chi connectivity index (χ1) is 9.95. The van der Waals surface area contributed by atoms with Crippen molar-refractivity contribution in [3.63, 3.8) is 0 Å². The molecule has 2 aliphatic carbocycles. The molecule has 118 valence electrons. The van der Waals surface area contributed by atoms with Crippen LogP contribution in [0.2, 0.25) is 0 Å². The molecule has 0 bridgehead atoms. The number of aliphatic carboxylic acids is 1. The first-order valence-electron chi connectivity index (χ1n) is 7.62. The van der Waals surface area contributed by atoms with E-state index < -0.39 is 28.1 Å². The van der Waals surface area contributed by atoms with Gasteiger partial charge in [-0.1, -0.05) is 18.6 Å². The molecule has 1 aliphatic heterocycles. The molecule has 1 saturated carbocycles. The molecule has 2 fully saturated rings. The van der Waals surface area contributed by atoms with E-state index in [0.717, 1.165) is 12.8 Å². The van der Waals surface area contributed by atoms with Crippen LogP contribution < -0.4 is 4.72 Å². The van der Waals surface area contributed by atoms with Crippen LogP contribution in [0.4, 0.5) is 0 Å². The van der Waals surface area contributed by atoms with Crippen molar-refractivity contribution in [3.8, 4) is 0 Å². The lowest BCUT2D eigenvalue weighted by Crippen LogP contribution is -2.45. The maximum absolute atomic E-state index is 12.4. The van der Waals surface area contributed by atoms with E-state index >= 15 is 0 Å². The molecule has 0 amide bonds. The van der Waals surface area contributed by atoms with Crippen molar-refractivity contribution < 1.29 is 18.3 Å². The van der Waals surface area contributed by atoms with Gasteiger partial charge in [0.25, 0.3) is 10.2 Å². The number of hydrogen-bond acceptors (Lipinski definition) is 3. The molecule has 0 aromatic carbocycles. The van der Waals surface area contributed by atoms with Crippen LogP contribution in [0.25, 0.3) is 0 Å². The van der Waals surface area contributed by atoms with E-state index in [-0.39, 0.29) is 0 Å². The maximum atomic E-state index is 12.4. The number of carboxylic acid groups (broad SMARTS) is 1. The molecule has 1 saturated heterocycles. The van der Waals surface area contributed by atoms with E-state index in [2.05, 4.69) is 4.72 Å². The highest BCUT2D eigenvalue weighted by atomic mass is 32.2. The molecule has 0 radical (unpaired) electrons. The summed E-state index contributed by atoms with van der Waals surface area (Å²) in [5.74, 6) is -0.342. The molecular formula is C14H22N2O4S. The summed E-state index contributed by atoms with van der Waals surface area (Å²) in [7, 11) is -3.51. The third-order valence-electron chi connectivity index (χ3n) is 5.01. The third-order valence-corrected chi connectivity index (χ3v) is 6.59. The molecule has 0 aromatic rings. The first kappa shape index (κ1) is 15.0. The number of fused-ring (bicyclic) bond motifs is 1. The van der Waals surface area contributed by atoms with E-state index in [1.54, 1.807) is 16.5 Å². The molecule has 3 aliphatic rings. The molecule has 3 rings (SSSR count). The number of nitrogens with zero attached hydrogens (tertiary/aromatic N) is 1. The van der Waals surface area contributed by atoms with Gasteiger partial charge in [0.1, 0.15) is 0 Å². The van der Waals surface area contributed by atoms with Crippen molar-refractivity contribution >= 4 is 16.2 Å². The lowest BCUT2D eigenvalue weighted by atomic mass is 9.92. The summed E-state index contributed by atoms with van der Waals surface area (Å²) in [5, 5.41) is 9.05. The number of hydrogen-bond donors (Lipinski definition) is 2. The van der Waals surface area contributed by atoms with Crippen molar-refractivity contribution in [2.75, 3.05) is 13.1 Å². The maximum Gasteiger partial charge on any atom is 0.306 e. The molecule has 1 heterocycles. The van der Waals surface area contributed by atoms with Crippen LogP contribution >= 0.6 is 0 Å². The Hall–Kier alpha value is -0.920. The van der Waals surface area contributed by atoms with Crippen molar-refractivity contribution in [3.05, 3.63) is 12.2 Å². The van der Waals surface area contributed by atoms with E-state index in [1.807, 2.05) is 0 Å². The van der Waals surface area contributed by atoms with E-state index in [9.17, 15) is 13.2 Å². The average molecular weight is 314 g/mol. The van der Waals surface area contributed by atoms with Gasteiger partial charge in [0.2, 0.25) is 0 Å². The van der Waals surface area contributed by atoms with Gasteiger partial charge in [-0.15, -0.1) is 0 Å². The Bertz CT molecular complexity index is 533. The molecule has 0 spiro atoms. The lowest BCUT2D eigenvalue weighted by molar-refractivity contribution is -0.142. The molecular weight excluding hydrogens is 292 g/mol. The monoisotopic (exact) mass is 314 g/mol. The van der Waals surface area contributed by atoms with Crippen molar-refractivity contribution in [1.29, 1.82) is 0 Å². The van der Waals surface area contributed by atoms with E-state index in [1.165, 1.54) is 6.42 Å². The number of carbonyl (C=O) groups is 1. The fourth-order valence-corrected chi connectivity index (χ4v) is 5.31. The van der Waals surface area contributed by atoms with E-state index in [4.69, 9.17) is 5.11 Å². The fraction of sp³-hybridized carbons (Fsp3) is 0.786. The van der Waals surface area contributed by atoms with Crippen molar-refractivity contribution in [1.82, 2.24) is 9.03 Å². The largest absolute Gasteiger partial charge is 0.481 e. The summed E-state index contributed by atoms with van der Waals surface area (Å²) in [4.78, 5) is 11.0. The summed E-state index contributed by atoms with van der Waals surface area (Å²) in [5.41, 5.74) is 0. The van der Waals surface area contributed by atoms with Gasteiger partial charge >= 0.3 is 5.97 Å². The van der Waals surface area contributed by atoms with Gasteiger partial charge in [-0.25, -0.2) is 0 Å². The van der Waals surface area contributed by atoms with Gasteiger partial charge in [-0.2, -0.15) is 17.4 Å². The number of carboxylic acids is 1. The number of allylic oxidation sites excluding steroid dienone is 1. The summed E-state index contributed by atoms with van der Waals surface area (Å²) in [6.45, 7) is 1.22. The van der Waals surface area contributed by atoms with Crippen LogP contribution in [-0.2, 0) is 15.0 Å². The molecule has 4 atom stereocenters. The van der Waals surface area contributed by atoms with Gasteiger partial charge in [-0.3, -0.25) is 4.79 Å². The van der Waals surface area contributed by atoms with Crippen LogP contribution in [0.5, 0.6) is 0 Å². The Morgan fingerprint density at radius 3 is 2.52 bits per heavy atom. The smallest absolute Gasteiger partial charge is 0.306 e. The van der Waals surface area contributed by atoms with Gasteiger partial charge in [0.05, 0.1) is 5.92 Å². The van der Waals surface area contributed by atoms with Crippen molar-refractivity contribution in [2.45, 2.75) is 38.1 Å². The second kappa shape index (κ2) is 5.70. The van der Waals surface area contributed by atoms with Gasteiger partial charge in [0.15, 0.2) is 0 Å². The summed E-state index contributed by atoms with van der Waals surface area (Å²) in [6.07, 6.45) is 7.79. The van der Waals surface area contributed by atoms with Crippen LogP contribution in [-0.4, -0.2) is 42.9 Å². The Balaban J connectivity index is 1.62. The Labute approximate surface area is 125 Å². The minimum Gasteiger partial charge on any atom is -0.481 e. The molecule has 2 N–H and O–H groups in total. The molecule has 21 heavy (non-hydrogen) atoms. The number of rotatable bonds is 4. The highest BCUT2D eigenvalue weighted by Crippen LogP contribution is 2.38. The Morgan fingerprint density at radius 1 is 1.24 bits per heavy atom. The summed E-state index contributed by atoms with van der Waals surface area (Å²) in [6, 6.07) is -0.412. The van der Waals surface area contributed by atoms with Crippen LogP contribution in [0.15, 0.2) is 12.2 Å². The molecule has 7 heteroatoms. The van der Waals surface area contributed by atoms with Crippen LogP contribution in [0.3, 0.4) is 0 Å². The van der Waals surface area contributed by atoms with Gasteiger partial charge in [0, 0.05) is 19.1 Å². The van der Waals surface area contributed by atoms with Gasteiger partial charge < -0.3 is 5.11 Å². The normalized spacial score (nSPS) is 36.8. The fourth-order valence-electron chi connectivity index (χ4n) is 3.83. The summed E-state index contributed by atoms with van der Waals surface area (Å²) >= 11 is 0. The minimum absolute atomic E-state index is 0.325. The van der Waals surface area contributed by atoms with E-state index in [0.29, 0.717) is 37.8 Å². The quantitative estimate of drug-likeness (QED) is 0.757. The zero-order valence-corrected chi connectivity index (χ0v) is 12.8. The number of nitrogens with one attached hydrogen (secondary N) is 1. The Morgan fingerprint density at radius 2 is 1.90 bits per heavy atom. The highest BCUT2D eigenvalue weighted by molar-refractivity contribution is 7.87. The molecule has 0 aromatic heterocycles. The second-order valence-corrected chi connectivity index (χ2v) is 8.13. The summed E-state index contributed by atoms with van der Waals surface area (Å²) < 4.78 is 29.1. The molecule has 0 unspecified atom stereocenters. The topological polar surface area (TPSA) is 86.7 Å². The van der Waals surface area contributed by atoms with Gasteiger partial charge in [-0.05, 0) is 37.5 Å². The SMILES string of the molecule is O=C(O)[C@@H]1CC=C[C@@H](NS(=O)(=O)N2C[C@H]3CCC[C@H]3C2)C1. The predicted octanol–water partition coefficient (Wildman–Crippen LogP) is 0.972. The second-order valence-electron chi connectivity index (χ2n) is 6.43. The lowest BCUT2D eigenvalue weighted by Gasteiger charge is -2.25. The standard InChI is InChI=1S/C14H22N2O4S/c17-14(18)10-3-2-6-13(7-10)15-21(19,20)16-8-11-4-1-5-12(11)9-16/h2,6,10-13,15H,1,3-5,7-9H2,(H,17,18)/t10-,11-,12+,13-/m1/s1. The Kier molecular flexibility index (Phi) is 4.07. The highest BCUT2D eigenvalue weighted by Gasteiger charge is 2.41.